The Morgan fingerprint density at radius 1 is 1.00 bits per heavy atom. The fraction of sp³-hybridized carbons (Fsp3) is 0.333. The number of fused-ring (bicyclic) bond motifs is 2. The quantitative estimate of drug-likeness (QED) is 0.590. The molecule has 28 heavy (non-hydrogen) atoms. The zero-order chi connectivity index (χ0) is 19.3. The van der Waals surface area contributed by atoms with E-state index in [0.29, 0.717) is 17.3 Å². The Kier molecular flexibility index (Phi) is 4.05. The highest BCUT2D eigenvalue weighted by Gasteiger charge is 2.19. The fourth-order valence-electron chi connectivity index (χ4n) is 4.08. The summed E-state index contributed by atoms with van der Waals surface area (Å²) in [5, 5.41) is 14.1. The number of aryl methyl sites for hydroxylation is 1. The van der Waals surface area contributed by atoms with Crippen LogP contribution in [0.4, 0.5) is 4.39 Å². The van der Waals surface area contributed by atoms with Gasteiger partial charge in [0.1, 0.15) is 16.8 Å². The molecule has 0 unspecified atom stereocenters. The van der Waals surface area contributed by atoms with E-state index in [1.54, 1.807) is 18.8 Å². The van der Waals surface area contributed by atoms with Crippen molar-refractivity contribution in [2.45, 2.75) is 18.9 Å². The molecule has 3 heterocycles. The van der Waals surface area contributed by atoms with Crippen LogP contribution in [0.15, 0.2) is 36.7 Å². The molecule has 2 aromatic carbocycles. The third-order valence-electron chi connectivity index (χ3n) is 5.50. The molecule has 0 amide bonds. The summed E-state index contributed by atoms with van der Waals surface area (Å²) >= 11 is 0. The molecule has 1 aliphatic rings. The Hall–Kier alpha value is -2.93. The molecule has 0 spiro atoms. The first-order valence-corrected chi connectivity index (χ1v) is 9.53. The third-order valence-corrected chi connectivity index (χ3v) is 5.50. The number of halogens is 1. The maximum Gasteiger partial charge on any atom is 0.151 e. The molecule has 0 bridgehead atoms. The number of methoxy groups -OCH3 is 1. The molecule has 1 aliphatic heterocycles. The van der Waals surface area contributed by atoms with Gasteiger partial charge in [0.2, 0.25) is 0 Å². The topological polar surface area (TPSA) is 56.9 Å². The van der Waals surface area contributed by atoms with Crippen molar-refractivity contribution in [2.75, 3.05) is 20.2 Å². The van der Waals surface area contributed by atoms with E-state index in [0.717, 1.165) is 53.3 Å². The molecule has 1 saturated heterocycles. The molecule has 0 aliphatic carbocycles. The Morgan fingerprint density at radius 2 is 1.71 bits per heavy atom. The summed E-state index contributed by atoms with van der Waals surface area (Å²) in [5.74, 6) is 0.379. The molecule has 1 N–H and O–H groups in total. The molecule has 6 nitrogen and oxygen atoms in total. The van der Waals surface area contributed by atoms with Crippen molar-refractivity contribution < 1.29 is 9.13 Å². The van der Waals surface area contributed by atoms with Crippen LogP contribution >= 0.6 is 0 Å². The minimum absolute atomic E-state index is 0.322. The summed E-state index contributed by atoms with van der Waals surface area (Å²) in [4.78, 5) is 0. The first kappa shape index (κ1) is 17.2. The minimum atomic E-state index is -0.322. The van der Waals surface area contributed by atoms with Gasteiger partial charge in [-0.2, -0.15) is 10.2 Å². The van der Waals surface area contributed by atoms with Crippen LogP contribution in [0.2, 0.25) is 0 Å². The van der Waals surface area contributed by atoms with E-state index in [1.165, 1.54) is 6.07 Å². The Morgan fingerprint density at radius 3 is 2.46 bits per heavy atom. The van der Waals surface area contributed by atoms with Crippen molar-refractivity contribution >= 4 is 21.8 Å². The molecule has 2 aromatic heterocycles. The number of rotatable bonds is 3. The van der Waals surface area contributed by atoms with Gasteiger partial charge in [0, 0.05) is 30.2 Å². The van der Waals surface area contributed by atoms with Gasteiger partial charge in [-0.15, -0.1) is 0 Å². The van der Waals surface area contributed by atoms with Crippen LogP contribution in [0.25, 0.3) is 32.9 Å². The highest BCUT2D eigenvalue weighted by Crippen LogP contribution is 2.34. The lowest BCUT2D eigenvalue weighted by Gasteiger charge is -2.22. The average molecular weight is 379 g/mol. The van der Waals surface area contributed by atoms with Gasteiger partial charge < -0.3 is 10.1 Å². The van der Waals surface area contributed by atoms with Gasteiger partial charge in [-0.3, -0.25) is 9.36 Å². The molecule has 144 valence electrons. The summed E-state index contributed by atoms with van der Waals surface area (Å²) in [6.07, 6.45) is 6.03. The predicted octanol–water partition coefficient (Wildman–Crippen LogP) is 3.66. The van der Waals surface area contributed by atoms with Gasteiger partial charge in [-0.05, 0) is 61.3 Å². The van der Waals surface area contributed by atoms with Crippen molar-refractivity contribution in [3.05, 3.63) is 42.5 Å². The molecule has 4 aromatic rings. The number of benzene rings is 2. The van der Waals surface area contributed by atoms with Gasteiger partial charge in [0.05, 0.1) is 13.2 Å². The molecule has 0 saturated carbocycles. The third kappa shape index (κ3) is 2.82. The van der Waals surface area contributed by atoms with Crippen molar-refractivity contribution in [3.8, 4) is 16.9 Å². The van der Waals surface area contributed by atoms with E-state index in [2.05, 4.69) is 27.4 Å². The molecule has 5 rings (SSSR count). The van der Waals surface area contributed by atoms with Crippen LogP contribution in [0.3, 0.4) is 0 Å². The molecule has 0 radical (unpaired) electrons. The minimum Gasteiger partial charge on any atom is -0.494 e. The van der Waals surface area contributed by atoms with E-state index in [4.69, 9.17) is 9.84 Å². The van der Waals surface area contributed by atoms with E-state index in [-0.39, 0.29) is 5.82 Å². The second-order valence-corrected chi connectivity index (χ2v) is 7.41. The Balaban J connectivity index is 1.63. The lowest BCUT2D eigenvalue weighted by molar-refractivity contribution is 0.344. The number of hydrogen-bond acceptors (Lipinski definition) is 4. The summed E-state index contributed by atoms with van der Waals surface area (Å²) in [7, 11) is 3.44. The van der Waals surface area contributed by atoms with E-state index < -0.39 is 0 Å². The highest BCUT2D eigenvalue weighted by atomic mass is 19.1. The van der Waals surface area contributed by atoms with Gasteiger partial charge in [0.25, 0.3) is 0 Å². The van der Waals surface area contributed by atoms with Gasteiger partial charge >= 0.3 is 0 Å². The number of hydrogen-bond donors (Lipinski definition) is 1. The molecule has 1 fully saturated rings. The normalized spacial score (nSPS) is 15.5. The smallest absolute Gasteiger partial charge is 0.151 e. The number of ether oxygens (including phenoxy) is 1. The standard InChI is InChI=1S/C21H22FN5O/c1-26-11-15-7-13(9-18(22)20(15)24-26)14-8-16-12-27(17-3-5-23-6-4-17)25-21(16)19(10-14)28-2/h7-12,17,23H,3-6H2,1-2H3. The number of piperidine rings is 1. The summed E-state index contributed by atoms with van der Waals surface area (Å²) in [6, 6.07) is 7.88. The summed E-state index contributed by atoms with van der Waals surface area (Å²) < 4.78 is 23.9. The zero-order valence-corrected chi connectivity index (χ0v) is 15.9. The first-order chi connectivity index (χ1) is 13.6. The van der Waals surface area contributed by atoms with Crippen LogP contribution in [-0.4, -0.2) is 39.8 Å². The van der Waals surface area contributed by atoms with Crippen molar-refractivity contribution in [1.29, 1.82) is 0 Å². The van der Waals surface area contributed by atoms with Crippen LogP contribution in [-0.2, 0) is 7.05 Å². The molecule has 0 atom stereocenters. The largest absolute Gasteiger partial charge is 0.494 e. The van der Waals surface area contributed by atoms with Crippen LogP contribution in [0.5, 0.6) is 5.75 Å². The first-order valence-electron chi connectivity index (χ1n) is 9.53. The summed E-state index contributed by atoms with van der Waals surface area (Å²) in [6.45, 7) is 2.02. The van der Waals surface area contributed by atoms with Crippen molar-refractivity contribution in [1.82, 2.24) is 24.9 Å². The fourth-order valence-corrected chi connectivity index (χ4v) is 4.08. The van der Waals surface area contributed by atoms with E-state index in [1.807, 2.05) is 18.3 Å². The van der Waals surface area contributed by atoms with Crippen LogP contribution in [0.1, 0.15) is 18.9 Å². The van der Waals surface area contributed by atoms with Gasteiger partial charge in [0.15, 0.2) is 5.82 Å². The molecular formula is C21H22FN5O. The van der Waals surface area contributed by atoms with E-state index in [9.17, 15) is 4.39 Å². The number of aromatic nitrogens is 4. The zero-order valence-electron chi connectivity index (χ0n) is 15.9. The van der Waals surface area contributed by atoms with Gasteiger partial charge in [-0.25, -0.2) is 4.39 Å². The average Bonchev–Trinajstić information content (AvgIpc) is 3.31. The lowest BCUT2D eigenvalue weighted by Crippen LogP contribution is -2.29. The molecular weight excluding hydrogens is 357 g/mol. The Bertz CT molecular complexity index is 1170. The highest BCUT2D eigenvalue weighted by molar-refractivity contribution is 5.92. The lowest BCUT2D eigenvalue weighted by atomic mass is 10.0. The number of nitrogens with one attached hydrogen (secondary N) is 1. The number of nitrogens with zero attached hydrogens (tertiary/aromatic N) is 4. The SMILES string of the molecule is COc1cc(-c2cc(F)c3nn(C)cc3c2)cc2cn(C3CCNCC3)nc12. The summed E-state index contributed by atoms with van der Waals surface area (Å²) in [5.41, 5.74) is 2.93. The second kappa shape index (κ2) is 6.60. The predicted molar refractivity (Wildman–Crippen MR) is 107 cm³/mol. The van der Waals surface area contributed by atoms with E-state index >= 15 is 0 Å². The second-order valence-electron chi connectivity index (χ2n) is 7.41. The van der Waals surface area contributed by atoms with Crippen LogP contribution in [0, 0.1) is 5.82 Å². The Labute approximate surface area is 161 Å². The maximum atomic E-state index is 14.6. The molecule has 7 heteroatoms. The van der Waals surface area contributed by atoms with Crippen molar-refractivity contribution in [2.24, 2.45) is 7.05 Å². The monoisotopic (exact) mass is 379 g/mol. The maximum absolute atomic E-state index is 14.6. The van der Waals surface area contributed by atoms with Crippen molar-refractivity contribution in [3.63, 3.8) is 0 Å². The van der Waals surface area contributed by atoms with Gasteiger partial charge in [-0.1, -0.05) is 0 Å². The van der Waals surface area contributed by atoms with Crippen LogP contribution < -0.4 is 10.1 Å².